The van der Waals surface area contributed by atoms with Gasteiger partial charge in [-0.2, -0.15) is 0 Å². The Kier molecular flexibility index (Phi) is 3.66. The van der Waals surface area contributed by atoms with Gasteiger partial charge in [0.15, 0.2) is 5.78 Å². The van der Waals surface area contributed by atoms with Gasteiger partial charge >= 0.3 is 0 Å². The van der Waals surface area contributed by atoms with Crippen LogP contribution >= 0.6 is 15.9 Å². The predicted molar refractivity (Wildman–Crippen MR) is 73.1 cm³/mol. The van der Waals surface area contributed by atoms with Crippen molar-refractivity contribution in [2.75, 3.05) is 5.73 Å². The van der Waals surface area contributed by atoms with Crippen LogP contribution in [0.5, 0.6) is 0 Å². The molecule has 0 radical (unpaired) electrons. The number of rotatable bonds is 2. The number of hydrogen-bond acceptors (Lipinski definition) is 2. The van der Waals surface area contributed by atoms with Crippen LogP contribution in [-0.4, -0.2) is 5.78 Å². The molecule has 0 fully saturated rings. The molecule has 2 nitrogen and oxygen atoms in total. The molecule has 0 saturated heterocycles. The Morgan fingerprint density at radius 1 is 1.21 bits per heavy atom. The van der Waals surface area contributed by atoms with Crippen molar-refractivity contribution >= 4 is 27.4 Å². The fraction of sp³-hybridized carbons (Fsp3) is 0.0714. The van der Waals surface area contributed by atoms with Gasteiger partial charge in [0, 0.05) is 15.7 Å². The van der Waals surface area contributed by atoms with Crippen LogP contribution in [0.25, 0.3) is 0 Å². The molecule has 0 unspecified atom stereocenters. The van der Waals surface area contributed by atoms with Gasteiger partial charge in [0.05, 0.1) is 5.56 Å². The van der Waals surface area contributed by atoms with E-state index in [-0.39, 0.29) is 11.1 Å². The van der Waals surface area contributed by atoms with Crippen LogP contribution in [0, 0.1) is 18.6 Å². The van der Waals surface area contributed by atoms with Crippen molar-refractivity contribution in [2.45, 2.75) is 6.92 Å². The van der Waals surface area contributed by atoms with Crippen LogP contribution in [0.3, 0.4) is 0 Å². The molecular formula is C14H10BrF2NO. The Balaban J connectivity index is 2.63. The number of halogens is 3. The second kappa shape index (κ2) is 5.09. The van der Waals surface area contributed by atoms with Gasteiger partial charge in [-0.05, 0) is 36.8 Å². The van der Waals surface area contributed by atoms with Gasteiger partial charge < -0.3 is 5.73 Å². The molecule has 0 heterocycles. The smallest absolute Gasteiger partial charge is 0.200 e. The van der Waals surface area contributed by atoms with E-state index in [0.717, 1.165) is 6.07 Å². The van der Waals surface area contributed by atoms with Crippen molar-refractivity contribution in [2.24, 2.45) is 0 Å². The van der Waals surface area contributed by atoms with Gasteiger partial charge in [-0.15, -0.1) is 0 Å². The Morgan fingerprint density at radius 2 is 1.89 bits per heavy atom. The summed E-state index contributed by atoms with van der Waals surface area (Å²) < 4.78 is 28.1. The van der Waals surface area contributed by atoms with Crippen molar-refractivity contribution in [3.05, 3.63) is 63.1 Å². The Bertz CT molecular complexity index is 671. The van der Waals surface area contributed by atoms with E-state index in [2.05, 4.69) is 15.9 Å². The largest absolute Gasteiger partial charge is 0.399 e. The SMILES string of the molecule is Cc1ccc(F)c(C(=O)c2cc(N)ccc2Br)c1F. The fourth-order valence-electron chi connectivity index (χ4n) is 1.72. The number of aryl methyl sites for hydroxylation is 1. The minimum Gasteiger partial charge on any atom is -0.399 e. The average molecular weight is 326 g/mol. The van der Waals surface area contributed by atoms with E-state index >= 15 is 0 Å². The van der Waals surface area contributed by atoms with Gasteiger partial charge in [-0.1, -0.05) is 22.0 Å². The zero-order chi connectivity index (χ0) is 14.2. The van der Waals surface area contributed by atoms with Crippen LogP contribution in [0.4, 0.5) is 14.5 Å². The van der Waals surface area contributed by atoms with E-state index in [1.54, 1.807) is 12.1 Å². The van der Waals surface area contributed by atoms with E-state index in [0.29, 0.717) is 10.2 Å². The third kappa shape index (κ3) is 2.51. The second-order valence-corrected chi connectivity index (χ2v) is 4.98. The molecule has 0 amide bonds. The quantitative estimate of drug-likeness (QED) is 0.673. The molecule has 0 aromatic heterocycles. The first-order valence-corrected chi connectivity index (χ1v) is 6.25. The maximum atomic E-state index is 13.9. The lowest BCUT2D eigenvalue weighted by atomic mass is 10.00. The topological polar surface area (TPSA) is 43.1 Å². The molecule has 0 aliphatic heterocycles. The third-order valence-corrected chi connectivity index (χ3v) is 3.44. The molecule has 5 heteroatoms. The molecule has 0 aliphatic rings. The van der Waals surface area contributed by atoms with Gasteiger partial charge in [0.25, 0.3) is 0 Å². The minimum atomic E-state index is -0.887. The molecule has 98 valence electrons. The summed E-state index contributed by atoms with van der Waals surface area (Å²) in [4.78, 5) is 12.2. The van der Waals surface area contributed by atoms with Crippen LogP contribution < -0.4 is 5.73 Å². The number of hydrogen-bond donors (Lipinski definition) is 1. The van der Waals surface area contributed by atoms with Crippen molar-refractivity contribution in [1.29, 1.82) is 0 Å². The number of nitrogen functional groups attached to an aromatic ring is 1. The van der Waals surface area contributed by atoms with Gasteiger partial charge in [-0.25, -0.2) is 8.78 Å². The molecule has 2 aromatic rings. The first-order chi connectivity index (χ1) is 8.91. The molecule has 0 saturated carbocycles. The number of anilines is 1. The van der Waals surface area contributed by atoms with E-state index in [1.807, 2.05) is 0 Å². The number of carbonyl (C=O) groups excluding carboxylic acids is 1. The summed E-state index contributed by atoms with van der Waals surface area (Å²) >= 11 is 3.17. The van der Waals surface area contributed by atoms with Gasteiger partial charge in [-0.3, -0.25) is 4.79 Å². The highest BCUT2D eigenvalue weighted by Gasteiger charge is 2.22. The first-order valence-electron chi connectivity index (χ1n) is 5.46. The summed E-state index contributed by atoms with van der Waals surface area (Å²) in [7, 11) is 0. The van der Waals surface area contributed by atoms with Crippen LogP contribution in [0.1, 0.15) is 21.5 Å². The lowest BCUT2D eigenvalue weighted by molar-refractivity contribution is 0.103. The molecule has 0 aliphatic carbocycles. The van der Waals surface area contributed by atoms with Crippen LogP contribution in [0.15, 0.2) is 34.8 Å². The maximum Gasteiger partial charge on any atom is 0.200 e. The molecule has 0 atom stereocenters. The van der Waals surface area contributed by atoms with Crippen LogP contribution in [-0.2, 0) is 0 Å². The highest BCUT2D eigenvalue weighted by atomic mass is 79.9. The first kappa shape index (κ1) is 13.7. The number of carbonyl (C=O) groups is 1. The average Bonchev–Trinajstić information content (AvgIpc) is 2.37. The molecule has 0 spiro atoms. The van der Waals surface area contributed by atoms with Crippen molar-refractivity contribution < 1.29 is 13.6 Å². The standard InChI is InChI=1S/C14H10BrF2NO/c1-7-2-5-11(16)12(13(7)17)14(19)9-6-8(18)3-4-10(9)15/h2-6H,18H2,1H3. The van der Waals surface area contributed by atoms with E-state index < -0.39 is 23.0 Å². The molecule has 2 N–H and O–H groups in total. The summed E-state index contributed by atoms with van der Waals surface area (Å²) in [5, 5.41) is 0. The van der Waals surface area contributed by atoms with Crippen molar-refractivity contribution in [3.63, 3.8) is 0 Å². The number of ketones is 1. The monoisotopic (exact) mass is 325 g/mol. The summed E-state index contributed by atoms with van der Waals surface area (Å²) in [6.07, 6.45) is 0. The van der Waals surface area contributed by atoms with Gasteiger partial charge in [0.2, 0.25) is 0 Å². The maximum absolute atomic E-state index is 13.9. The van der Waals surface area contributed by atoms with E-state index in [4.69, 9.17) is 5.73 Å². The molecule has 19 heavy (non-hydrogen) atoms. The zero-order valence-corrected chi connectivity index (χ0v) is 11.6. The normalized spacial score (nSPS) is 10.5. The van der Waals surface area contributed by atoms with E-state index in [9.17, 15) is 13.6 Å². The molecule has 2 aromatic carbocycles. The zero-order valence-electron chi connectivity index (χ0n) is 10.0. The lowest BCUT2D eigenvalue weighted by Gasteiger charge is -2.08. The van der Waals surface area contributed by atoms with Crippen molar-refractivity contribution in [1.82, 2.24) is 0 Å². The summed E-state index contributed by atoms with van der Waals surface area (Å²) in [5.74, 6) is -2.47. The van der Waals surface area contributed by atoms with Crippen LogP contribution in [0.2, 0.25) is 0 Å². The predicted octanol–water partition coefficient (Wildman–Crippen LogP) is 3.85. The lowest BCUT2D eigenvalue weighted by Crippen LogP contribution is -2.10. The second-order valence-electron chi connectivity index (χ2n) is 4.12. The Labute approximate surface area is 117 Å². The highest BCUT2D eigenvalue weighted by Crippen LogP contribution is 2.26. The minimum absolute atomic E-state index is 0.128. The molecule has 0 bridgehead atoms. The van der Waals surface area contributed by atoms with E-state index in [1.165, 1.54) is 19.1 Å². The Hall–Kier alpha value is -1.75. The summed E-state index contributed by atoms with van der Waals surface area (Å²) in [5.41, 5.74) is 5.71. The fourth-order valence-corrected chi connectivity index (χ4v) is 2.14. The number of benzene rings is 2. The summed E-state index contributed by atoms with van der Waals surface area (Å²) in [6.45, 7) is 1.47. The molecule has 2 rings (SSSR count). The van der Waals surface area contributed by atoms with Crippen molar-refractivity contribution in [3.8, 4) is 0 Å². The van der Waals surface area contributed by atoms with Gasteiger partial charge in [0.1, 0.15) is 11.6 Å². The summed E-state index contributed by atoms with van der Waals surface area (Å²) in [6, 6.07) is 6.90. The Morgan fingerprint density at radius 3 is 2.58 bits per heavy atom. The highest BCUT2D eigenvalue weighted by molar-refractivity contribution is 9.10. The third-order valence-electron chi connectivity index (χ3n) is 2.75. The number of nitrogens with two attached hydrogens (primary N) is 1. The molecular weight excluding hydrogens is 316 g/mol.